The Kier molecular flexibility index (Phi) is 5.60. The van der Waals surface area contributed by atoms with Gasteiger partial charge in [-0.3, -0.25) is 9.59 Å². The third kappa shape index (κ3) is 4.74. The first-order valence-corrected chi connectivity index (χ1v) is 10.8. The molecular formula is C20H22N2O4S. The van der Waals surface area contributed by atoms with Gasteiger partial charge in [0.1, 0.15) is 15.9 Å². The van der Waals surface area contributed by atoms with Crippen molar-refractivity contribution in [2.75, 3.05) is 12.0 Å². The summed E-state index contributed by atoms with van der Waals surface area (Å²) in [6.07, 6.45) is 1.20. The first-order chi connectivity index (χ1) is 12.8. The highest BCUT2D eigenvalue weighted by Crippen LogP contribution is 2.25. The molecule has 0 aromatic heterocycles. The van der Waals surface area contributed by atoms with Crippen LogP contribution in [0.25, 0.3) is 0 Å². The third-order valence-corrected chi connectivity index (χ3v) is 5.58. The van der Waals surface area contributed by atoms with Crippen molar-refractivity contribution in [2.24, 2.45) is 0 Å². The van der Waals surface area contributed by atoms with Gasteiger partial charge in [-0.1, -0.05) is 48.5 Å². The Labute approximate surface area is 159 Å². The highest BCUT2D eigenvalue weighted by atomic mass is 32.2. The maximum absolute atomic E-state index is 12.8. The van der Waals surface area contributed by atoms with E-state index in [2.05, 4.69) is 5.32 Å². The molecule has 2 aromatic rings. The van der Waals surface area contributed by atoms with Crippen LogP contribution in [-0.2, 0) is 27.7 Å². The van der Waals surface area contributed by atoms with Gasteiger partial charge < -0.3 is 10.2 Å². The van der Waals surface area contributed by atoms with Crippen LogP contribution in [0.4, 0.5) is 0 Å². The SMILES string of the molecule is CS(=O)(=O)CCC(C(=O)NCc1ccccc1)N1Cc2ccccc2C1=O. The first kappa shape index (κ1) is 19.1. The lowest BCUT2D eigenvalue weighted by atomic mass is 10.1. The van der Waals surface area contributed by atoms with Crippen molar-refractivity contribution in [3.8, 4) is 0 Å². The molecule has 1 unspecified atom stereocenters. The standard InChI is InChI=1S/C20H22N2O4S/c1-27(25,26)12-11-18(19(23)21-13-15-7-3-2-4-8-15)22-14-16-9-5-6-10-17(16)20(22)24/h2-10,18H,11-14H2,1H3,(H,21,23). The summed E-state index contributed by atoms with van der Waals surface area (Å²) in [6, 6.07) is 15.8. The minimum absolute atomic E-state index is 0.0686. The summed E-state index contributed by atoms with van der Waals surface area (Å²) in [7, 11) is -3.25. The molecule has 1 N–H and O–H groups in total. The molecule has 0 radical (unpaired) electrons. The lowest BCUT2D eigenvalue weighted by Crippen LogP contribution is -2.47. The maximum Gasteiger partial charge on any atom is 0.255 e. The Bertz CT molecular complexity index is 941. The van der Waals surface area contributed by atoms with Crippen molar-refractivity contribution in [3.63, 3.8) is 0 Å². The second-order valence-electron chi connectivity index (χ2n) is 6.73. The highest BCUT2D eigenvalue weighted by molar-refractivity contribution is 7.90. The molecule has 0 saturated heterocycles. The zero-order valence-electron chi connectivity index (χ0n) is 15.1. The lowest BCUT2D eigenvalue weighted by molar-refractivity contribution is -0.126. The van der Waals surface area contributed by atoms with Crippen molar-refractivity contribution >= 4 is 21.7 Å². The predicted molar refractivity (Wildman–Crippen MR) is 103 cm³/mol. The van der Waals surface area contributed by atoms with E-state index in [1.54, 1.807) is 12.1 Å². The van der Waals surface area contributed by atoms with Crippen molar-refractivity contribution in [3.05, 3.63) is 71.3 Å². The second kappa shape index (κ2) is 7.92. The van der Waals surface area contributed by atoms with Crippen molar-refractivity contribution in [1.29, 1.82) is 0 Å². The molecule has 2 amide bonds. The van der Waals surface area contributed by atoms with Crippen molar-refractivity contribution < 1.29 is 18.0 Å². The van der Waals surface area contributed by atoms with Crippen molar-refractivity contribution in [2.45, 2.75) is 25.6 Å². The number of amides is 2. The predicted octanol–water partition coefficient (Wildman–Crippen LogP) is 1.76. The van der Waals surface area contributed by atoms with Gasteiger partial charge in [-0.25, -0.2) is 8.42 Å². The lowest BCUT2D eigenvalue weighted by Gasteiger charge is -2.26. The van der Waals surface area contributed by atoms with E-state index < -0.39 is 15.9 Å². The number of hydrogen-bond acceptors (Lipinski definition) is 4. The number of rotatable bonds is 7. The summed E-state index contributed by atoms with van der Waals surface area (Å²) in [5.41, 5.74) is 2.35. The van der Waals surface area contributed by atoms with Gasteiger partial charge in [-0.05, 0) is 23.6 Å². The van der Waals surface area contributed by atoms with Crippen LogP contribution < -0.4 is 5.32 Å². The topological polar surface area (TPSA) is 83.6 Å². The molecule has 142 valence electrons. The number of benzene rings is 2. The Morgan fingerprint density at radius 1 is 1.11 bits per heavy atom. The van der Waals surface area contributed by atoms with Gasteiger partial charge in [-0.15, -0.1) is 0 Å². The summed E-state index contributed by atoms with van der Waals surface area (Å²) in [4.78, 5) is 27.0. The Morgan fingerprint density at radius 2 is 1.78 bits per heavy atom. The average Bonchev–Trinajstić information content (AvgIpc) is 2.97. The average molecular weight is 386 g/mol. The molecular weight excluding hydrogens is 364 g/mol. The molecule has 6 nitrogen and oxygen atoms in total. The molecule has 27 heavy (non-hydrogen) atoms. The molecule has 0 fully saturated rings. The van der Waals surface area contributed by atoms with Crippen LogP contribution >= 0.6 is 0 Å². The van der Waals surface area contributed by atoms with Gasteiger partial charge in [0.15, 0.2) is 0 Å². The molecule has 1 aliphatic rings. The molecule has 1 aliphatic heterocycles. The van der Waals surface area contributed by atoms with Gasteiger partial charge in [0.25, 0.3) is 5.91 Å². The summed E-state index contributed by atoms with van der Waals surface area (Å²) in [5.74, 6) is -0.737. The zero-order chi connectivity index (χ0) is 19.4. The minimum Gasteiger partial charge on any atom is -0.350 e. The molecule has 2 aromatic carbocycles. The molecule has 0 spiro atoms. The number of nitrogens with zero attached hydrogens (tertiary/aromatic N) is 1. The van der Waals surface area contributed by atoms with E-state index in [1.807, 2.05) is 42.5 Å². The van der Waals surface area contributed by atoms with Crippen LogP contribution in [0, 0.1) is 0 Å². The highest BCUT2D eigenvalue weighted by Gasteiger charge is 2.36. The summed E-state index contributed by atoms with van der Waals surface area (Å²) >= 11 is 0. The molecule has 3 rings (SSSR count). The summed E-state index contributed by atoms with van der Waals surface area (Å²) < 4.78 is 23.2. The van der Waals surface area contributed by atoms with Crippen LogP contribution in [0.15, 0.2) is 54.6 Å². The van der Waals surface area contributed by atoms with E-state index in [4.69, 9.17) is 0 Å². The van der Waals surface area contributed by atoms with E-state index in [1.165, 1.54) is 4.90 Å². The largest absolute Gasteiger partial charge is 0.350 e. The molecule has 0 saturated carbocycles. The monoisotopic (exact) mass is 386 g/mol. The van der Waals surface area contributed by atoms with E-state index in [0.717, 1.165) is 17.4 Å². The Morgan fingerprint density at radius 3 is 2.44 bits per heavy atom. The number of carbonyl (C=O) groups excluding carboxylic acids is 2. The van der Waals surface area contributed by atoms with Crippen molar-refractivity contribution in [1.82, 2.24) is 10.2 Å². The minimum atomic E-state index is -3.25. The second-order valence-corrected chi connectivity index (χ2v) is 8.99. The number of nitrogens with one attached hydrogen (secondary N) is 1. The fourth-order valence-corrected chi connectivity index (χ4v) is 3.84. The molecule has 1 atom stereocenters. The number of carbonyl (C=O) groups is 2. The quantitative estimate of drug-likeness (QED) is 0.786. The van der Waals surface area contributed by atoms with Crippen LogP contribution in [-0.4, -0.2) is 43.2 Å². The molecule has 0 bridgehead atoms. The molecule has 1 heterocycles. The van der Waals surface area contributed by atoms with Crippen LogP contribution in [0.5, 0.6) is 0 Å². The van der Waals surface area contributed by atoms with Crippen LogP contribution in [0.1, 0.15) is 27.9 Å². The third-order valence-electron chi connectivity index (χ3n) is 4.60. The molecule has 0 aliphatic carbocycles. The fraction of sp³-hybridized carbons (Fsp3) is 0.300. The van der Waals surface area contributed by atoms with Crippen LogP contribution in [0.2, 0.25) is 0 Å². The maximum atomic E-state index is 12.8. The number of fused-ring (bicyclic) bond motifs is 1. The number of hydrogen-bond donors (Lipinski definition) is 1. The van der Waals surface area contributed by atoms with Gasteiger partial charge in [-0.2, -0.15) is 0 Å². The zero-order valence-corrected chi connectivity index (χ0v) is 15.9. The number of sulfone groups is 1. The fourth-order valence-electron chi connectivity index (χ4n) is 3.19. The van der Waals surface area contributed by atoms with Gasteiger partial charge in [0.2, 0.25) is 5.91 Å². The van der Waals surface area contributed by atoms with E-state index in [0.29, 0.717) is 18.7 Å². The van der Waals surface area contributed by atoms with Gasteiger partial charge in [0, 0.05) is 24.9 Å². The normalized spacial score (nSPS) is 14.7. The van der Waals surface area contributed by atoms with Gasteiger partial charge in [0.05, 0.1) is 5.75 Å². The Hall–Kier alpha value is -2.67. The smallest absolute Gasteiger partial charge is 0.255 e. The Balaban J connectivity index is 1.77. The first-order valence-electron chi connectivity index (χ1n) is 8.73. The summed E-state index contributed by atoms with van der Waals surface area (Å²) in [6.45, 7) is 0.631. The van der Waals surface area contributed by atoms with E-state index >= 15 is 0 Å². The van der Waals surface area contributed by atoms with E-state index in [9.17, 15) is 18.0 Å². The van der Waals surface area contributed by atoms with Gasteiger partial charge >= 0.3 is 0 Å². The molecule has 7 heteroatoms. The summed E-state index contributed by atoms with van der Waals surface area (Å²) in [5, 5.41) is 2.83. The van der Waals surface area contributed by atoms with E-state index in [-0.39, 0.29) is 24.0 Å². The van der Waals surface area contributed by atoms with Crippen LogP contribution in [0.3, 0.4) is 0 Å².